The summed E-state index contributed by atoms with van der Waals surface area (Å²) in [5, 5.41) is 10.0. The van der Waals surface area contributed by atoms with Gasteiger partial charge in [0.2, 0.25) is 0 Å². The summed E-state index contributed by atoms with van der Waals surface area (Å²) in [5.74, 6) is -0.0369. The Bertz CT molecular complexity index is 479. The molecular weight excluding hydrogens is 296 g/mol. The van der Waals surface area contributed by atoms with Gasteiger partial charge in [-0.15, -0.1) is 0 Å². The Labute approximate surface area is 125 Å². The summed E-state index contributed by atoms with van der Waals surface area (Å²) in [6.45, 7) is 3.68. The van der Waals surface area contributed by atoms with E-state index in [1.54, 1.807) is 13.8 Å². The Morgan fingerprint density at radius 3 is 2.57 bits per heavy atom. The first-order valence-corrected chi connectivity index (χ1v) is 8.93. The van der Waals surface area contributed by atoms with Gasteiger partial charge >= 0.3 is 16.3 Å². The summed E-state index contributed by atoms with van der Waals surface area (Å²) in [6.07, 6.45) is 2.14. The standard InChI is InChI=1S/C13H24N2O5S/c1-9(2)20-13(17)14-21(18,19)15-8-4-6-11(15)10-5-3-7-12(10)16/h9-12,16H,3-8H2,1-2H3,(H,14,17). The molecule has 0 spiro atoms. The van der Waals surface area contributed by atoms with Gasteiger partial charge in [0.25, 0.3) is 0 Å². The maximum absolute atomic E-state index is 12.3. The molecule has 122 valence electrons. The molecular formula is C13H24N2O5S. The van der Waals surface area contributed by atoms with Crippen molar-refractivity contribution in [3.8, 4) is 0 Å². The highest BCUT2D eigenvalue weighted by atomic mass is 32.2. The minimum atomic E-state index is -3.92. The van der Waals surface area contributed by atoms with Crippen molar-refractivity contribution >= 4 is 16.3 Å². The lowest BCUT2D eigenvalue weighted by Gasteiger charge is -2.30. The van der Waals surface area contributed by atoms with Crippen LogP contribution in [0.5, 0.6) is 0 Å². The lowest BCUT2D eigenvalue weighted by molar-refractivity contribution is 0.0966. The molecule has 7 nitrogen and oxygen atoms in total. The number of aliphatic hydroxyl groups excluding tert-OH is 1. The molecule has 1 saturated carbocycles. The number of amides is 1. The molecule has 3 atom stereocenters. The van der Waals surface area contributed by atoms with Gasteiger partial charge in [-0.05, 0) is 39.5 Å². The smallest absolute Gasteiger partial charge is 0.422 e. The molecule has 21 heavy (non-hydrogen) atoms. The summed E-state index contributed by atoms with van der Waals surface area (Å²) in [6, 6.07) is -0.230. The molecule has 1 aliphatic heterocycles. The molecule has 2 fully saturated rings. The van der Waals surface area contributed by atoms with Crippen LogP contribution in [-0.2, 0) is 14.9 Å². The van der Waals surface area contributed by atoms with Crippen LogP contribution in [0.4, 0.5) is 4.79 Å². The second kappa shape index (κ2) is 6.50. The fraction of sp³-hybridized carbons (Fsp3) is 0.923. The topological polar surface area (TPSA) is 95.9 Å². The second-order valence-electron chi connectivity index (χ2n) is 6.04. The van der Waals surface area contributed by atoms with Gasteiger partial charge in [-0.2, -0.15) is 12.7 Å². The summed E-state index contributed by atoms with van der Waals surface area (Å²) in [5.41, 5.74) is 0. The predicted octanol–water partition coefficient (Wildman–Crippen LogP) is 0.991. The first-order chi connectivity index (χ1) is 9.81. The van der Waals surface area contributed by atoms with Crippen LogP contribution in [0.2, 0.25) is 0 Å². The Kier molecular flexibility index (Phi) is 5.11. The fourth-order valence-corrected chi connectivity index (χ4v) is 4.68. The molecule has 1 saturated heterocycles. The SMILES string of the molecule is CC(C)OC(=O)NS(=O)(=O)N1CCCC1C1CCCC1O. The zero-order valence-electron chi connectivity index (χ0n) is 12.5. The maximum Gasteiger partial charge on any atom is 0.422 e. The molecule has 1 amide bonds. The van der Waals surface area contributed by atoms with Crippen LogP contribution >= 0.6 is 0 Å². The van der Waals surface area contributed by atoms with Crippen LogP contribution < -0.4 is 4.72 Å². The Balaban J connectivity index is 2.06. The number of hydrogen-bond donors (Lipinski definition) is 2. The number of ether oxygens (including phenoxy) is 1. The molecule has 0 bridgehead atoms. The molecule has 8 heteroatoms. The largest absolute Gasteiger partial charge is 0.446 e. The van der Waals surface area contributed by atoms with Crippen molar-refractivity contribution in [2.45, 2.75) is 64.2 Å². The number of carbonyl (C=O) groups is 1. The van der Waals surface area contributed by atoms with Crippen LogP contribution in [-0.4, -0.2) is 48.7 Å². The predicted molar refractivity (Wildman–Crippen MR) is 76.7 cm³/mol. The normalized spacial score (nSPS) is 30.8. The van der Waals surface area contributed by atoms with E-state index in [0.717, 1.165) is 32.1 Å². The van der Waals surface area contributed by atoms with Crippen LogP contribution in [0.3, 0.4) is 0 Å². The van der Waals surface area contributed by atoms with Gasteiger partial charge in [0, 0.05) is 18.5 Å². The number of hydrogen-bond acceptors (Lipinski definition) is 5. The lowest BCUT2D eigenvalue weighted by Crippen LogP contribution is -2.49. The van der Waals surface area contributed by atoms with E-state index >= 15 is 0 Å². The van der Waals surface area contributed by atoms with Gasteiger partial charge in [0.05, 0.1) is 12.2 Å². The van der Waals surface area contributed by atoms with Crippen LogP contribution in [0.1, 0.15) is 46.0 Å². The van der Waals surface area contributed by atoms with E-state index < -0.39 is 22.4 Å². The number of nitrogens with zero attached hydrogens (tertiary/aromatic N) is 1. The third kappa shape index (κ3) is 3.87. The van der Waals surface area contributed by atoms with Crippen molar-refractivity contribution in [2.75, 3.05) is 6.54 Å². The lowest BCUT2D eigenvalue weighted by atomic mass is 9.95. The molecule has 1 aliphatic carbocycles. The molecule has 2 N–H and O–H groups in total. The van der Waals surface area contributed by atoms with Crippen molar-refractivity contribution in [1.29, 1.82) is 0 Å². The van der Waals surface area contributed by atoms with E-state index in [1.165, 1.54) is 4.31 Å². The molecule has 0 aromatic rings. The van der Waals surface area contributed by atoms with Crippen molar-refractivity contribution in [3.05, 3.63) is 0 Å². The van der Waals surface area contributed by atoms with Crippen molar-refractivity contribution in [1.82, 2.24) is 9.03 Å². The van der Waals surface area contributed by atoms with Crippen molar-refractivity contribution < 1.29 is 23.1 Å². The minimum absolute atomic E-state index is 0.0369. The van der Waals surface area contributed by atoms with Gasteiger partial charge in [-0.25, -0.2) is 9.52 Å². The van der Waals surface area contributed by atoms with Gasteiger partial charge in [-0.1, -0.05) is 6.42 Å². The number of rotatable bonds is 4. The second-order valence-corrected chi connectivity index (χ2v) is 7.67. The van der Waals surface area contributed by atoms with Gasteiger partial charge in [0.1, 0.15) is 0 Å². The molecule has 2 rings (SSSR count). The molecule has 3 unspecified atom stereocenters. The van der Waals surface area contributed by atoms with E-state index in [-0.39, 0.29) is 18.1 Å². The quantitative estimate of drug-likeness (QED) is 0.805. The van der Waals surface area contributed by atoms with E-state index in [4.69, 9.17) is 4.74 Å². The highest BCUT2D eigenvalue weighted by Crippen LogP contribution is 2.36. The first-order valence-electron chi connectivity index (χ1n) is 7.49. The first kappa shape index (κ1) is 16.5. The average molecular weight is 320 g/mol. The average Bonchev–Trinajstić information content (AvgIpc) is 2.94. The Morgan fingerprint density at radius 1 is 1.29 bits per heavy atom. The van der Waals surface area contributed by atoms with Crippen LogP contribution in [0.25, 0.3) is 0 Å². The van der Waals surface area contributed by atoms with Crippen LogP contribution in [0, 0.1) is 5.92 Å². The molecule has 0 radical (unpaired) electrons. The summed E-state index contributed by atoms with van der Waals surface area (Å²) in [7, 11) is -3.92. The number of nitrogens with one attached hydrogen (secondary N) is 1. The summed E-state index contributed by atoms with van der Waals surface area (Å²) < 4.78 is 32.8. The monoisotopic (exact) mass is 320 g/mol. The van der Waals surface area contributed by atoms with Gasteiger partial charge in [0.15, 0.2) is 0 Å². The zero-order valence-corrected chi connectivity index (χ0v) is 13.3. The summed E-state index contributed by atoms with van der Waals surface area (Å²) in [4.78, 5) is 11.5. The van der Waals surface area contributed by atoms with Crippen LogP contribution in [0.15, 0.2) is 0 Å². The number of aliphatic hydroxyl groups is 1. The van der Waals surface area contributed by atoms with E-state index in [9.17, 15) is 18.3 Å². The highest BCUT2D eigenvalue weighted by molar-refractivity contribution is 7.87. The zero-order chi connectivity index (χ0) is 15.6. The molecule has 1 heterocycles. The third-order valence-corrected chi connectivity index (χ3v) is 5.63. The Hall–Kier alpha value is -0.860. The van der Waals surface area contributed by atoms with E-state index in [0.29, 0.717) is 6.54 Å². The summed E-state index contributed by atoms with van der Waals surface area (Å²) >= 11 is 0. The highest BCUT2D eigenvalue weighted by Gasteiger charge is 2.43. The maximum atomic E-state index is 12.3. The molecule has 0 aromatic carbocycles. The van der Waals surface area contributed by atoms with Crippen molar-refractivity contribution in [2.24, 2.45) is 5.92 Å². The van der Waals surface area contributed by atoms with Gasteiger partial charge in [-0.3, -0.25) is 0 Å². The van der Waals surface area contributed by atoms with E-state index in [1.807, 2.05) is 4.72 Å². The molecule has 2 aliphatic rings. The third-order valence-electron chi connectivity index (χ3n) is 4.14. The van der Waals surface area contributed by atoms with E-state index in [2.05, 4.69) is 0 Å². The Morgan fingerprint density at radius 2 is 2.00 bits per heavy atom. The van der Waals surface area contributed by atoms with Crippen molar-refractivity contribution in [3.63, 3.8) is 0 Å². The molecule has 0 aromatic heterocycles. The number of carbonyl (C=O) groups excluding carboxylic acids is 1. The fourth-order valence-electron chi connectivity index (χ4n) is 3.31. The minimum Gasteiger partial charge on any atom is -0.446 e. The van der Waals surface area contributed by atoms with Gasteiger partial charge < -0.3 is 9.84 Å².